The summed E-state index contributed by atoms with van der Waals surface area (Å²) in [7, 11) is 0. The Labute approximate surface area is 222 Å². The summed E-state index contributed by atoms with van der Waals surface area (Å²) in [5, 5.41) is 20.5. The van der Waals surface area contributed by atoms with E-state index in [0.29, 0.717) is 34.6 Å². The molecule has 0 amide bonds. The van der Waals surface area contributed by atoms with Crippen LogP contribution in [-0.4, -0.2) is 59.1 Å². The highest BCUT2D eigenvalue weighted by atomic mass is 35.5. The van der Waals surface area contributed by atoms with E-state index in [2.05, 4.69) is 20.9 Å². The average Bonchev–Trinajstić information content (AvgIpc) is 2.86. The molecule has 0 atom stereocenters. The molecule has 4 rings (SSSR count). The summed E-state index contributed by atoms with van der Waals surface area (Å²) in [4.78, 5) is 51.2. The molecule has 0 unspecified atom stereocenters. The molecule has 10 nitrogen and oxygen atoms in total. The van der Waals surface area contributed by atoms with E-state index in [1.165, 1.54) is 4.57 Å². The second kappa shape index (κ2) is 13.1. The van der Waals surface area contributed by atoms with Gasteiger partial charge in [0.25, 0.3) is 5.56 Å². The fraction of sp³-hybridized carbons (Fsp3) is 0.280. The molecule has 0 aliphatic carbocycles. The monoisotopic (exact) mass is 546 g/mol. The average molecular weight is 547 g/mol. The van der Waals surface area contributed by atoms with Gasteiger partial charge in [-0.2, -0.15) is 0 Å². The third kappa shape index (κ3) is 8.21. The van der Waals surface area contributed by atoms with E-state index in [4.69, 9.17) is 23.2 Å². The molecule has 1 aliphatic rings. The predicted octanol–water partition coefficient (Wildman–Crippen LogP) is 0.251. The SMILES string of the molecule is O=C([O-])C=CC(=O)[O-].O=c1[nH]c2ccc(Cl)cc2c(=O)n1CCCN1CCN(c2cccc(Cl)c2)CC1. The number of piperazine rings is 1. The highest BCUT2D eigenvalue weighted by molar-refractivity contribution is 6.31. The highest BCUT2D eigenvalue weighted by Gasteiger charge is 2.17. The second-order valence-electron chi connectivity index (χ2n) is 8.21. The number of nitrogens with zero attached hydrogens (tertiary/aromatic N) is 3. The molecule has 0 radical (unpaired) electrons. The summed E-state index contributed by atoms with van der Waals surface area (Å²) in [6, 6.07) is 12.8. The van der Waals surface area contributed by atoms with Crippen LogP contribution in [-0.2, 0) is 16.1 Å². The Morgan fingerprint density at radius 2 is 1.54 bits per heavy atom. The fourth-order valence-electron chi connectivity index (χ4n) is 3.92. The van der Waals surface area contributed by atoms with Gasteiger partial charge in [0, 0.05) is 48.5 Å². The number of rotatable bonds is 7. The quantitative estimate of drug-likeness (QED) is 0.415. The maximum atomic E-state index is 12.7. The number of carboxylic acid groups (broad SMARTS) is 2. The first-order valence-electron chi connectivity index (χ1n) is 11.4. The van der Waals surface area contributed by atoms with Crippen LogP contribution in [0.15, 0.2) is 64.2 Å². The Morgan fingerprint density at radius 1 is 0.892 bits per heavy atom. The Balaban J connectivity index is 0.000000414. The lowest BCUT2D eigenvalue weighted by Gasteiger charge is -2.36. The van der Waals surface area contributed by atoms with Crippen LogP contribution in [0.5, 0.6) is 0 Å². The van der Waals surface area contributed by atoms with E-state index >= 15 is 0 Å². The number of aromatic amines is 1. The van der Waals surface area contributed by atoms with Gasteiger partial charge >= 0.3 is 5.69 Å². The lowest BCUT2D eigenvalue weighted by Crippen LogP contribution is -2.47. The van der Waals surface area contributed by atoms with Crippen molar-refractivity contribution in [3.63, 3.8) is 0 Å². The Kier molecular flexibility index (Phi) is 9.90. The van der Waals surface area contributed by atoms with Crippen LogP contribution in [0.2, 0.25) is 10.0 Å². The van der Waals surface area contributed by atoms with Crippen LogP contribution >= 0.6 is 23.2 Å². The van der Waals surface area contributed by atoms with Gasteiger partial charge in [0.15, 0.2) is 0 Å². The number of carbonyl (C=O) groups is 2. The first-order chi connectivity index (χ1) is 17.6. The van der Waals surface area contributed by atoms with Gasteiger partial charge in [-0.3, -0.25) is 14.3 Å². The smallest absolute Gasteiger partial charge is 0.328 e. The highest BCUT2D eigenvalue weighted by Crippen LogP contribution is 2.20. The van der Waals surface area contributed by atoms with Crippen LogP contribution in [0.1, 0.15) is 6.42 Å². The van der Waals surface area contributed by atoms with Crippen molar-refractivity contribution >= 4 is 51.7 Å². The van der Waals surface area contributed by atoms with Crippen LogP contribution in [0.3, 0.4) is 0 Å². The summed E-state index contributed by atoms with van der Waals surface area (Å²) in [5.41, 5.74) is 0.982. The van der Waals surface area contributed by atoms with Crippen molar-refractivity contribution in [2.75, 3.05) is 37.6 Å². The van der Waals surface area contributed by atoms with E-state index in [1.54, 1.807) is 18.2 Å². The van der Waals surface area contributed by atoms with Crippen LogP contribution in [0.4, 0.5) is 5.69 Å². The summed E-state index contributed by atoms with van der Waals surface area (Å²) < 4.78 is 1.26. The molecule has 1 aliphatic heterocycles. The first-order valence-corrected chi connectivity index (χ1v) is 12.1. The van der Waals surface area contributed by atoms with Gasteiger partial charge in [0.05, 0.1) is 22.8 Å². The number of aliphatic carboxylic acids is 2. The molecular weight excluding hydrogens is 523 g/mol. The molecule has 37 heavy (non-hydrogen) atoms. The Bertz CT molecular complexity index is 1390. The van der Waals surface area contributed by atoms with Gasteiger partial charge in [-0.05, 0) is 61.5 Å². The molecule has 2 heterocycles. The Morgan fingerprint density at radius 3 is 2.16 bits per heavy atom. The molecule has 1 N–H and O–H groups in total. The number of carbonyl (C=O) groups excluding carboxylic acids is 2. The van der Waals surface area contributed by atoms with Crippen molar-refractivity contribution in [1.82, 2.24) is 14.5 Å². The first kappa shape index (κ1) is 28.0. The lowest BCUT2D eigenvalue weighted by molar-refractivity contribution is -0.301. The van der Waals surface area contributed by atoms with Crippen LogP contribution in [0.25, 0.3) is 10.9 Å². The molecular formula is C25H24Cl2N4O6-2. The minimum Gasteiger partial charge on any atom is -0.545 e. The number of halogens is 2. The van der Waals surface area contributed by atoms with E-state index in [-0.39, 0.29) is 11.2 Å². The number of aromatic nitrogens is 2. The second-order valence-corrected chi connectivity index (χ2v) is 9.08. The van der Waals surface area contributed by atoms with E-state index in [1.807, 2.05) is 18.2 Å². The predicted molar refractivity (Wildman–Crippen MR) is 138 cm³/mol. The number of benzene rings is 2. The van der Waals surface area contributed by atoms with Crippen molar-refractivity contribution in [3.05, 3.63) is 85.5 Å². The minimum absolute atomic E-state index is 0.294. The largest absolute Gasteiger partial charge is 0.545 e. The zero-order chi connectivity index (χ0) is 26.9. The Hall–Kier alpha value is -3.60. The number of hydrogen-bond acceptors (Lipinski definition) is 8. The fourth-order valence-corrected chi connectivity index (χ4v) is 4.27. The number of carboxylic acids is 2. The number of nitrogens with one attached hydrogen (secondary N) is 1. The molecule has 196 valence electrons. The summed E-state index contributed by atoms with van der Waals surface area (Å²) in [5.74, 6) is -3.09. The molecule has 0 spiro atoms. The zero-order valence-electron chi connectivity index (χ0n) is 19.7. The third-order valence-electron chi connectivity index (χ3n) is 5.70. The number of fused-ring (bicyclic) bond motifs is 1. The zero-order valence-corrected chi connectivity index (χ0v) is 21.2. The van der Waals surface area contributed by atoms with Gasteiger partial charge in [0.1, 0.15) is 0 Å². The molecule has 1 fully saturated rings. The van der Waals surface area contributed by atoms with Crippen LogP contribution < -0.4 is 26.4 Å². The number of H-pyrrole nitrogens is 1. The van der Waals surface area contributed by atoms with Crippen molar-refractivity contribution in [3.8, 4) is 0 Å². The van der Waals surface area contributed by atoms with E-state index in [0.717, 1.165) is 49.9 Å². The minimum atomic E-state index is -1.55. The summed E-state index contributed by atoms with van der Waals surface area (Å²) in [6.45, 7) is 4.94. The molecule has 3 aromatic rings. The van der Waals surface area contributed by atoms with Gasteiger partial charge in [-0.25, -0.2) is 4.79 Å². The number of anilines is 1. The maximum absolute atomic E-state index is 12.7. The van der Waals surface area contributed by atoms with Crippen molar-refractivity contribution in [2.24, 2.45) is 0 Å². The molecule has 2 aromatic carbocycles. The number of hydrogen-bond donors (Lipinski definition) is 1. The normalized spacial score (nSPS) is 13.9. The van der Waals surface area contributed by atoms with Crippen molar-refractivity contribution in [1.29, 1.82) is 0 Å². The standard InChI is InChI=1S/C21H22Cl2N4O2.C4H4O4/c22-15-3-1-4-17(13-15)26-11-9-25(10-12-26)7-2-8-27-20(28)18-14-16(23)5-6-19(18)24-21(27)29;5-3(6)1-2-4(7)8/h1,3-6,13-14H,2,7-12H2,(H,24,29);1-2H,(H,5,6)(H,7,8)/p-2. The molecule has 1 aromatic heterocycles. The van der Waals surface area contributed by atoms with Gasteiger partial charge < -0.3 is 29.7 Å². The third-order valence-corrected chi connectivity index (χ3v) is 6.17. The van der Waals surface area contributed by atoms with E-state index < -0.39 is 11.9 Å². The molecule has 0 bridgehead atoms. The van der Waals surface area contributed by atoms with Gasteiger partial charge in [0.2, 0.25) is 0 Å². The lowest BCUT2D eigenvalue weighted by atomic mass is 10.2. The summed E-state index contributed by atoms with van der Waals surface area (Å²) in [6.07, 6.45) is 1.50. The van der Waals surface area contributed by atoms with Crippen LogP contribution in [0, 0.1) is 0 Å². The van der Waals surface area contributed by atoms with Gasteiger partial charge in [-0.1, -0.05) is 29.3 Å². The topological polar surface area (TPSA) is 142 Å². The van der Waals surface area contributed by atoms with Gasteiger partial charge in [-0.15, -0.1) is 0 Å². The maximum Gasteiger partial charge on any atom is 0.328 e. The van der Waals surface area contributed by atoms with Crippen molar-refractivity contribution in [2.45, 2.75) is 13.0 Å². The van der Waals surface area contributed by atoms with Crippen molar-refractivity contribution < 1.29 is 19.8 Å². The summed E-state index contributed by atoms with van der Waals surface area (Å²) >= 11 is 12.1. The molecule has 1 saturated heterocycles. The molecule has 12 heteroatoms. The van der Waals surface area contributed by atoms with E-state index in [9.17, 15) is 29.4 Å². The molecule has 0 saturated carbocycles.